The summed E-state index contributed by atoms with van der Waals surface area (Å²) in [4.78, 5) is 15.1. The predicted octanol–water partition coefficient (Wildman–Crippen LogP) is 4.44. The number of carbonyl (C=O) groups excluding carboxylic acids is 1. The van der Waals surface area contributed by atoms with Crippen molar-refractivity contribution in [2.24, 2.45) is 0 Å². The van der Waals surface area contributed by atoms with Crippen molar-refractivity contribution in [3.63, 3.8) is 0 Å². The quantitative estimate of drug-likeness (QED) is 0.711. The Morgan fingerprint density at radius 3 is 2.52 bits per heavy atom. The third-order valence-corrected chi connectivity index (χ3v) is 4.34. The zero-order valence-electron chi connectivity index (χ0n) is 15.0. The van der Waals surface area contributed by atoms with Gasteiger partial charge in [0, 0.05) is 11.6 Å². The molecule has 1 atom stereocenters. The monoisotopic (exact) mass is 343 g/mol. The van der Waals surface area contributed by atoms with Crippen LogP contribution in [0.4, 0.5) is 0 Å². The number of carbonyl (C=O) groups is 1. The van der Waals surface area contributed by atoms with Gasteiger partial charge >= 0.3 is 0 Å². The molecule has 5 heteroatoms. The fraction of sp³-hybridized carbons (Fsp3) is 0.450. The number of hydrogen-bond donors (Lipinski definition) is 0. The highest BCUT2D eigenvalue weighted by atomic mass is 16.5. The van der Waals surface area contributed by atoms with Gasteiger partial charge in [-0.15, -0.1) is 0 Å². The Labute approximate surface area is 148 Å². The van der Waals surface area contributed by atoms with E-state index >= 15 is 0 Å². The van der Waals surface area contributed by atoms with Gasteiger partial charge in [0.05, 0.1) is 25.5 Å². The molecule has 0 spiro atoms. The van der Waals surface area contributed by atoms with E-state index < -0.39 is 0 Å². The Bertz CT molecular complexity index is 706. The molecule has 5 nitrogen and oxygen atoms in total. The van der Waals surface area contributed by atoms with E-state index in [9.17, 15) is 4.79 Å². The summed E-state index contributed by atoms with van der Waals surface area (Å²) in [5.74, 6) is 2.07. The van der Waals surface area contributed by atoms with Crippen LogP contribution in [0.25, 0.3) is 0 Å². The summed E-state index contributed by atoms with van der Waals surface area (Å²) >= 11 is 0. The van der Waals surface area contributed by atoms with Crippen LogP contribution in [0.5, 0.6) is 11.5 Å². The molecule has 0 aliphatic heterocycles. The first-order valence-electron chi connectivity index (χ1n) is 8.91. The zero-order valence-corrected chi connectivity index (χ0v) is 15.0. The Hall–Kier alpha value is -2.43. The number of furan rings is 1. The lowest BCUT2D eigenvalue weighted by molar-refractivity contribution is 0.0652. The van der Waals surface area contributed by atoms with Crippen molar-refractivity contribution in [2.45, 2.75) is 45.7 Å². The van der Waals surface area contributed by atoms with Crippen LogP contribution < -0.4 is 9.47 Å². The molecule has 1 heterocycles. The van der Waals surface area contributed by atoms with Gasteiger partial charge < -0.3 is 18.8 Å². The summed E-state index contributed by atoms with van der Waals surface area (Å²) in [5, 5.41) is 0. The van der Waals surface area contributed by atoms with Crippen molar-refractivity contribution >= 4 is 5.91 Å². The van der Waals surface area contributed by atoms with Crippen LogP contribution in [-0.4, -0.2) is 30.1 Å². The summed E-state index contributed by atoms with van der Waals surface area (Å²) in [6, 6.07) is 9.33. The van der Waals surface area contributed by atoms with Crippen molar-refractivity contribution in [1.29, 1.82) is 0 Å². The molecule has 25 heavy (non-hydrogen) atoms. The minimum Gasteiger partial charge on any atom is -0.490 e. The lowest BCUT2D eigenvalue weighted by atomic mass is 10.1. The van der Waals surface area contributed by atoms with Crippen LogP contribution in [0.3, 0.4) is 0 Å². The van der Waals surface area contributed by atoms with Gasteiger partial charge in [-0.1, -0.05) is 0 Å². The standard InChI is InChI=1S/C20H25NO4/c1-4-23-18-11-8-15(13-19(18)24-5-2)20(22)21(16-9-10-16)14(3)17-7-6-12-25-17/h6-8,11-14,16H,4-5,9-10H2,1-3H3. The van der Waals surface area contributed by atoms with Crippen LogP contribution >= 0.6 is 0 Å². The Morgan fingerprint density at radius 2 is 1.92 bits per heavy atom. The average molecular weight is 343 g/mol. The molecule has 0 bridgehead atoms. The maximum atomic E-state index is 13.2. The van der Waals surface area contributed by atoms with Crippen molar-refractivity contribution in [3.8, 4) is 11.5 Å². The summed E-state index contributed by atoms with van der Waals surface area (Å²) in [5.41, 5.74) is 0.609. The lowest BCUT2D eigenvalue weighted by Gasteiger charge is -2.28. The van der Waals surface area contributed by atoms with Crippen molar-refractivity contribution in [2.75, 3.05) is 13.2 Å². The molecule has 0 saturated heterocycles. The van der Waals surface area contributed by atoms with Crippen LogP contribution in [0.15, 0.2) is 41.0 Å². The van der Waals surface area contributed by atoms with Crippen LogP contribution in [0.2, 0.25) is 0 Å². The predicted molar refractivity (Wildman–Crippen MR) is 95.1 cm³/mol. The van der Waals surface area contributed by atoms with Crippen LogP contribution in [-0.2, 0) is 0 Å². The van der Waals surface area contributed by atoms with Crippen molar-refractivity contribution < 1.29 is 18.7 Å². The third-order valence-electron chi connectivity index (χ3n) is 4.34. The van der Waals surface area contributed by atoms with Crippen LogP contribution in [0, 0.1) is 0 Å². The Morgan fingerprint density at radius 1 is 1.20 bits per heavy atom. The molecule has 134 valence electrons. The summed E-state index contributed by atoms with van der Waals surface area (Å²) < 4.78 is 16.8. The van der Waals surface area contributed by atoms with Gasteiger partial charge in [0.25, 0.3) is 5.91 Å². The van der Waals surface area contributed by atoms with E-state index in [1.165, 1.54) is 0 Å². The number of ether oxygens (including phenoxy) is 2. The number of hydrogen-bond acceptors (Lipinski definition) is 4. The SMILES string of the molecule is CCOc1ccc(C(=O)N(C2CC2)C(C)c2ccco2)cc1OCC. The smallest absolute Gasteiger partial charge is 0.254 e. The van der Waals surface area contributed by atoms with Gasteiger partial charge in [0.2, 0.25) is 0 Å². The maximum absolute atomic E-state index is 13.2. The third kappa shape index (κ3) is 3.81. The summed E-state index contributed by atoms with van der Waals surface area (Å²) in [6.07, 6.45) is 3.71. The second-order valence-electron chi connectivity index (χ2n) is 6.16. The molecule has 0 N–H and O–H groups in total. The minimum absolute atomic E-state index is 0.00426. The molecule has 1 amide bonds. The molecule has 1 saturated carbocycles. The molecule has 1 fully saturated rings. The van der Waals surface area contributed by atoms with E-state index in [4.69, 9.17) is 13.9 Å². The molecule has 0 radical (unpaired) electrons. The number of benzene rings is 1. The molecular formula is C20H25NO4. The maximum Gasteiger partial charge on any atom is 0.254 e. The number of rotatable bonds is 8. The fourth-order valence-electron chi connectivity index (χ4n) is 3.01. The normalized spacial score (nSPS) is 14.8. The molecule has 1 aliphatic rings. The first-order chi connectivity index (χ1) is 12.2. The van der Waals surface area contributed by atoms with E-state index in [1.807, 2.05) is 43.9 Å². The largest absolute Gasteiger partial charge is 0.490 e. The first-order valence-corrected chi connectivity index (χ1v) is 8.91. The van der Waals surface area contributed by atoms with E-state index in [0.717, 1.165) is 18.6 Å². The van der Waals surface area contributed by atoms with Gasteiger partial charge in [-0.3, -0.25) is 4.79 Å². The van der Waals surface area contributed by atoms with E-state index in [2.05, 4.69) is 0 Å². The average Bonchev–Trinajstić information content (AvgIpc) is 3.28. The molecule has 1 aromatic carbocycles. The minimum atomic E-state index is -0.0999. The van der Waals surface area contributed by atoms with Gasteiger partial charge in [0.1, 0.15) is 5.76 Å². The van der Waals surface area contributed by atoms with Crippen molar-refractivity contribution in [3.05, 3.63) is 47.9 Å². The molecule has 1 unspecified atom stereocenters. The first kappa shape index (κ1) is 17.4. The van der Waals surface area contributed by atoms with Gasteiger partial charge in [-0.05, 0) is 63.9 Å². The van der Waals surface area contributed by atoms with E-state index in [-0.39, 0.29) is 18.0 Å². The molecule has 1 aromatic heterocycles. The Balaban J connectivity index is 1.88. The van der Waals surface area contributed by atoms with Gasteiger partial charge in [0.15, 0.2) is 11.5 Å². The Kier molecular flexibility index (Phi) is 5.31. The highest BCUT2D eigenvalue weighted by Gasteiger charge is 2.37. The lowest BCUT2D eigenvalue weighted by Crippen LogP contribution is -2.35. The zero-order chi connectivity index (χ0) is 17.8. The molecular weight excluding hydrogens is 318 g/mol. The van der Waals surface area contributed by atoms with Gasteiger partial charge in [-0.25, -0.2) is 0 Å². The van der Waals surface area contributed by atoms with Crippen LogP contribution in [0.1, 0.15) is 55.8 Å². The second-order valence-corrected chi connectivity index (χ2v) is 6.16. The summed E-state index contributed by atoms with van der Waals surface area (Å²) in [7, 11) is 0. The molecule has 1 aliphatic carbocycles. The van der Waals surface area contributed by atoms with E-state index in [1.54, 1.807) is 18.4 Å². The topological polar surface area (TPSA) is 51.9 Å². The van der Waals surface area contributed by atoms with Crippen molar-refractivity contribution in [1.82, 2.24) is 4.90 Å². The highest BCUT2D eigenvalue weighted by molar-refractivity contribution is 5.95. The molecule has 3 rings (SSSR count). The second kappa shape index (κ2) is 7.64. The fourth-order valence-corrected chi connectivity index (χ4v) is 3.01. The highest BCUT2D eigenvalue weighted by Crippen LogP contribution is 2.37. The summed E-state index contributed by atoms with van der Waals surface area (Å²) in [6.45, 7) is 6.92. The van der Waals surface area contributed by atoms with E-state index in [0.29, 0.717) is 30.3 Å². The van der Waals surface area contributed by atoms with Gasteiger partial charge in [-0.2, -0.15) is 0 Å². The number of nitrogens with zero attached hydrogens (tertiary/aromatic N) is 1. The molecule has 2 aromatic rings. The number of amides is 1.